The normalized spacial score (nSPS) is 10.9. The molecule has 0 atom stereocenters. The number of nitrogens with two attached hydrogens (primary N) is 1. The van der Waals surface area contributed by atoms with E-state index in [0.29, 0.717) is 27.3 Å². The van der Waals surface area contributed by atoms with E-state index in [-0.39, 0.29) is 5.56 Å². The molecule has 0 saturated heterocycles. The molecule has 0 aliphatic heterocycles. The van der Waals surface area contributed by atoms with Gasteiger partial charge in [0.05, 0.1) is 10.9 Å². The summed E-state index contributed by atoms with van der Waals surface area (Å²) >= 11 is 5.97. The highest BCUT2D eigenvalue weighted by Crippen LogP contribution is 2.21. The van der Waals surface area contributed by atoms with Gasteiger partial charge in [-0.2, -0.15) is 0 Å². The first kappa shape index (κ1) is 12.7. The Kier molecular flexibility index (Phi) is 2.95. The van der Waals surface area contributed by atoms with Gasteiger partial charge in [0.25, 0.3) is 5.56 Å². The van der Waals surface area contributed by atoms with Gasteiger partial charge in [0.2, 0.25) is 0 Å². The van der Waals surface area contributed by atoms with E-state index < -0.39 is 0 Å². The van der Waals surface area contributed by atoms with Crippen LogP contribution in [0.1, 0.15) is 5.56 Å². The Labute approximate surface area is 120 Å². The molecule has 1 heterocycles. The highest BCUT2D eigenvalue weighted by molar-refractivity contribution is 6.30. The van der Waals surface area contributed by atoms with E-state index in [1.807, 2.05) is 25.1 Å². The van der Waals surface area contributed by atoms with E-state index in [0.717, 1.165) is 10.2 Å². The van der Waals surface area contributed by atoms with Crippen molar-refractivity contribution < 1.29 is 0 Å². The molecule has 0 fully saturated rings. The summed E-state index contributed by atoms with van der Waals surface area (Å²) in [6.07, 6.45) is 0. The zero-order valence-electron chi connectivity index (χ0n) is 10.8. The molecule has 0 aliphatic rings. The molecule has 0 saturated carbocycles. The van der Waals surface area contributed by atoms with E-state index in [2.05, 4.69) is 4.98 Å². The number of hydrogen-bond acceptors (Lipinski definition) is 3. The van der Waals surface area contributed by atoms with E-state index in [1.165, 1.54) is 0 Å². The summed E-state index contributed by atoms with van der Waals surface area (Å²) in [6, 6.07) is 12.6. The minimum atomic E-state index is -0.270. The summed E-state index contributed by atoms with van der Waals surface area (Å²) < 4.78 is 1.06. The monoisotopic (exact) mass is 285 g/mol. The average molecular weight is 286 g/mol. The second-order valence-corrected chi connectivity index (χ2v) is 5.08. The number of hydrogen-bond donors (Lipinski definition) is 1. The minimum absolute atomic E-state index is 0.270. The maximum absolute atomic E-state index is 12.3. The molecule has 0 spiro atoms. The molecular formula is C15H12ClN3O. The van der Waals surface area contributed by atoms with Gasteiger partial charge in [-0.05, 0) is 31.2 Å². The van der Waals surface area contributed by atoms with Crippen molar-refractivity contribution in [2.45, 2.75) is 6.92 Å². The largest absolute Gasteiger partial charge is 0.334 e. The Morgan fingerprint density at radius 2 is 2.00 bits per heavy atom. The number of aromatic nitrogens is 2. The van der Waals surface area contributed by atoms with Crippen molar-refractivity contribution >= 4 is 22.5 Å². The maximum atomic E-state index is 12.3. The second kappa shape index (κ2) is 4.65. The number of nitrogen functional groups attached to an aromatic ring is 1. The fourth-order valence-electron chi connectivity index (χ4n) is 2.14. The number of rotatable bonds is 1. The summed E-state index contributed by atoms with van der Waals surface area (Å²) in [5, 5.41) is 1.08. The molecule has 0 bridgehead atoms. The van der Waals surface area contributed by atoms with Gasteiger partial charge in [-0.15, -0.1) is 0 Å². The third-order valence-corrected chi connectivity index (χ3v) is 3.37. The van der Waals surface area contributed by atoms with Crippen molar-refractivity contribution in [3.8, 4) is 11.4 Å². The predicted octanol–water partition coefficient (Wildman–Crippen LogP) is 2.74. The molecule has 2 aromatic carbocycles. The Bertz CT molecular complexity index is 871. The Hall–Kier alpha value is -2.33. The van der Waals surface area contributed by atoms with Crippen LogP contribution in [0, 0.1) is 6.92 Å². The first-order valence-electron chi connectivity index (χ1n) is 6.11. The number of nitrogens with zero attached hydrogens (tertiary/aromatic N) is 2. The number of benzene rings is 2. The van der Waals surface area contributed by atoms with Crippen LogP contribution < -0.4 is 11.4 Å². The van der Waals surface area contributed by atoms with Gasteiger partial charge in [0.15, 0.2) is 5.82 Å². The lowest BCUT2D eigenvalue weighted by Gasteiger charge is -2.09. The van der Waals surface area contributed by atoms with Crippen LogP contribution in [0.4, 0.5) is 0 Å². The molecule has 2 N–H and O–H groups in total. The van der Waals surface area contributed by atoms with Gasteiger partial charge in [0.1, 0.15) is 0 Å². The van der Waals surface area contributed by atoms with Crippen LogP contribution in [0.25, 0.3) is 22.3 Å². The highest BCUT2D eigenvalue weighted by Gasteiger charge is 2.11. The molecule has 20 heavy (non-hydrogen) atoms. The molecule has 0 amide bonds. The second-order valence-electron chi connectivity index (χ2n) is 4.64. The SMILES string of the molecule is Cc1ccc2nc(-c3cccc(Cl)c3)n(N)c(=O)c2c1. The molecule has 0 unspecified atom stereocenters. The molecule has 3 rings (SSSR count). The van der Waals surface area contributed by atoms with Crippen molar-refractivity contribution in [3.05, 3.63) is 63.4 Å². The van der Waals surface area contributed by atoms with Crippen molar-refractivity contribution in [1.29, 1.82) is 0 Å². The van der Waals surface area contributed by atoms with Crippen LogP contribution >= 0.6 is 11.6 Å². The Morgan fingerprint density at radius 1 is 1.20 bits per heavy atom. The zero-order chi connectivity index (χ0) is 14.3. The number of fused-ring (bicyclic) bond motifs is 1. The van der Waals surface area contributed by atoms with Crippen LogP contribution in [0.2, 0.25) is 5.02 Å². The molecule has 0 aliphatic carbocycles. The van der Waals surface area contributed by atoms with E-state index in [4.69, 9.17) is 17.4 Å². The summed E-state index contributed by atoms with van der Waals surface area (Å²) in [4.78, 5) is 16.8. The van der Waals surface area contributed by atoms with Crippen LogP contribution in [0.3, 0.4) is 0 Å². The number of aryl methyl sites for hydroxylation is 1. The molecule has 3 aromatic rings. The first-order valence-corrected chi connectivity index (χ1v) is 6.48. The third-order valence-electron chi connectivity index (χ3n) is 3.14. The molecule has 100 valence electrons. The van der Waals surface area contributed by atoms with Gasteiger partial charge >= 0.3 is 0 Å². The Morgan fingerprint density at radius 3 is 2.75 bits per heavy atom. The van der Waals surface area contributed by atoms with Crippen molar-refractivity contribution in [2.75, 3.05) is 5.84 Å². The summed E-state index contributed by atoms with van der Waals surface area (Å²) in [7, 11) is 0. The highest BCUT2D eigenvalue weighted by atomic mass is 35.5. The van der Waals surface area contributed by atoms with Crippen LogP contribution in [-0.4, -0.2) is 9.66 Å². The van der Waals surface area contributed by atoms with Crippen LogP contribution in [0.5, 0.6) is 0 Å². The predicted molar refractivity (Wildman–Crippen MR) is 81.3 cm³/mol. The maximum Gasteiger partial charge on any atom is 0.280 e. The fourth-order valence-corrected chi connectivity index (χ4v) is 2.33. The molecule has 5 heteroatoms. The van der Waals surface area contributed by atoms with Crippen molar-refractivity contribution in [3.63, 3.8) is 0 Å². The van der Waals surface area contributed by atoms with Gasteiger partial charge in [-0.3, -0.25) is 4.79 Å². The Balaban J connectivity index is 2.35. The molecule has 0 radical (unpaired) electrons. The quantitative estimate of drug-likeness (QED) is 0.699. The standard InChI is InChI=1S/C15H12ClN3O/c1-9-5-6-13-12(7-9)15(20)19(17)14(18-13)10-3-2-4-11(16)8-10/h2-8H,17H2,1H3. The van der Waals surface area contributed by atoms with Crippen molar-refractivity contribution in [2.24, 2.45) is 0 Å². The fraction of sp³-hybridized carbons (Fsp3) is 0.0667. The van der Waals surface area contributed by atoms with Crippen LogP contribution in [-0.2, 0) is 0 Å². The minimum Gasteiger partial charge on any atom is -0.334 e. The van der Waals surface area contributed by atoms with Gasteiger partial charge in [0, 0.05) is 10.6 Å². The third kappa shape index (κ3) is 2.04. The molecule has 4 nitrogen and oxygen atoms in total. The van der Waals surface area contributed by atoms with Crippen molar-refractivity contribution in [1.82, 2.24) is 9.66 Å². The van der Waals surface area contributed by atoms with E-state index in [9.17, 15) is 4.79 Å². The number of halogens is 1. The topological polar surface area (TPSA) is 60.9 Å². The van der Waals surface area contributed by atoms with Gasteiger partial charge in [-0.25, -0.2) is 9.66 Å². The smallest absolute Gasteiger partial charge is 0.280 e. The zero-order valence-corrected chi connectivity index (χ0v) is 11.6. The van der Waals surface area contributed by atoms with Gasteiger partial charge < -0.3 is 5.84 Å². The summed E-state index contributed by atoms with van der Waals surface area (Å²) in [5.41, 5.74) is 2.05. The van der Waals surface area contributed by atoms with E-state index in [1.54, 1.807) is 24.3 Å². The average Bonchev–Trinajstić information content (AvgIpc) is 2.43. The van der Waals surface area contributed by atoms with Crippen LogP contribution in [0.15, 0.2) is 47.3 Å². The first-order chi connectivity index (χ1) is 9.56. The lowest BCUT2D eigenvalue weighted by atomic mass is 10.1. The summed E-state index contributed by atoms with van der Waals surface area (Å²) in [5.74, 6) is 6.28. The van der Waals surface area contributed by atoms with Gasteiger partial charge in [-0.1, -0.05) is 35.4 Å². The lowest BCUT2D eigenvalue weighted by molar-refractivity contribution is 0.927. The molecule has 1 aromatic heterocycles. The summed E-state index contributed by atoms with van der Waals surface area (Å²) in [6.45, 7) is 1.92. The van der Waals surface area contributed by atoms with E-state index >= 15 is 0 Å². The molecular weight excluding hydrogens is 274 g/mol. The lowest BCUT2D eigenvalue weighted by Crippen LogP contribution is -2.29.